The molecule has 0 aromatic heterocycles. The second-order valence-corrected chi connectivity index (χ2v) is 5.91. The van der Waals surface area contributed by atoms with Gasteiger partial charge in [-0.15, -0.1) is 0 Å². The van der Waals surface area contributed by atoms with Crippen LogP contribution in [0.15, 0.2) is 0 Å². The average molecular weight is 236 g/mol. The lowest BCUT2D eigenvalue weighted by molar-refractivity contribution is -0.122. The second-order valence-electron chi connectivity index (χ2n) is 4.41. The summed E-state index contributed by atoms with van der Waals surface area (Å²) in [5.74, 6) is -0.144. The minimum atomic E-state index is -2.20. The molecule has 0 aromatic rings. The van der Waals surface area contributed by atoms with E-state index in [1.165, 1.54) is 7.11 Å². The zero-order chi connectivity index (χ0) is 11.5. The van der Waals surface area contributed by atoms with E-state index in [0.717, 1.165) is 0 Å². The molecular weight excluding hydrogens is 218 g/mol. The lowest BCUT2D eigenvalue weighted by Gasteiger charge is -2.30. The van der Waals surface area contributed by atoms with Crippen molar-refractivity contribution in [3.63, 3.8) is 0 Å². The molecule has 0 saturated heterocycles. The average Bonchev–Trinajstić information content (AvgIpc) is 2.17. The molecule has 0 radical (unpaired) electrons. The first-order valence-electron chi connectivity index (χ1n) is 5.23. The molecule has 3 nitrogen and oxygen atoms in total. The number of ketones is 1. The summed E-state index contributed by atoms with van der Waals surface area (Å²) in [7, 11) is -0.857. The van der Waals surface area contributed by atoms with Gasteiger partial charge in [0.05, 0.1) is 6.16 Å². The van der Waals surface area contributed by atoms with Crippen molar-refractivity contribution < 1.29 is 18.3 Å². The van der Waals surface area contributed by atoms with Gasteiger partial charge < -0.3 is 4.52 Å². The van der Waals surface area contributed by atoms with Crippen molar-refractivity contribution >= 4 is 13.8 Å². The van der Waals surface area contributed by atoms with Crippen molar-refractivity contribution in [2.75, 3.05) is 13.3 Å². The van der Waals surface area contributed by atoms with Crippen LogP contribution in [-0.4, -0.2) is 24.7 Å². The molecule has 1 aliphatic rings. The van der Waals surface area contributed by atoms with Gasteiger partial charge in [-0.1, -0.05) is 0 Å². The van der Waals surface area contributed by atoms with Crippen LogP contribution in [0.3, 0.4) is 0 Å². The van der Waals surface area contributed by atoms with Crippen molar-refractivity contribution in [1.29, 1.82) is 0 Å². The largest absolute Gasteiger partial charge is 0.334 e. The summed E-state index contributed by atoms with van der Waals surface area (Å²) in [5.41, 5.74) is -1.12. The number of carbonyl (C=O) groups is 1. The predicted molar refractivity (Wildman–Crippen MR) is 57.4 cm³/mol. The zero-order valence-electron chi connectivity index (χ0n) is 9.22. The highest BCUT2D eigenvalue weighted by molar-refractivity contribution is 7.40. The Bertz CT molecular complexity index is 255. The Kier molecular flexibility index (Phi) is 4.47. The SMILES string of the molecule is CO[PH](=O)CC(=O)C1CCC(C)(F)CC1. The van der Waals surface area contributed by atoms with Gasteiger partial charge in [0, 0.05) is 13.0 Å². The van der Waals surface area contributed by atoms with Crippen molar-refractivity contribution in [1.82, 2.24) is 0 Å². The molecule has 0 N–H and O–H groups in total. The normalized spacial score (nSPS) is 33.7. The third-order valence-corrected chi connectivity index (χ3v) is 4.12. The summed E-state index contributed by atoms with van der Waals surface area (Å²) in [6, 6.07) is 0. The maximum absolute atomic E-state index is 13.4. The van der Waals surface area contributed by atoms with E-state index in [1.54, 1.807) is 6.92 Å². The van der Waals surface area contributed by atoms with Gasteiger partial charge >= 0.3 is 0 Å². The van der Waals surface area contributed by atoms with Crippen LogP contribution in [0.25, 0.3) is 0 Å². The van der Waals surface area contributed by atoms with Crippen molar-refractivity contribution in [3.8, 4) is 0 Å². The summed E-state index contributed by atoms with van der Waals surface area (Å²) >= 11 is 0. The molecule has 5 heteroatoms. The Hall–Kier alpha value is -0.210. The van der Waals surface area contributed by atoms with E-state index in [4.69, 9.17) is 0 Å². The smallest absolute Gasteiger partial charge is 0.198 e. The summed E-state index contributed by atoms with van der Waals surface area (Å²) < 4.78 is 29.1. The third-order valence-electron chi connectivity index (χ3n) is 3.03. The highest BCUT2D eigenvalue weighted by Gasteiger charge is 2.33. The molecule has 0 aliphatic heterocycles. The number of rotatable bonds is 4. The summed E-state index contributed by atoms with van der Waals surface area (Å²) in [5, 5.41) is 0. The molecule has 88 valence electrons. The first kappa shape index (κ1) is 12.9. The van der Waals surface area contributed by atoms with E-state index in [1.807, 2.05) is 0 Å². The summed E-state index contributed by atoms with van der Waals surface area (Å²) in [4.78, 5) is 11.6. The number of carbonyl (C=O) groups excluding carboxylic acids is 1. The highest BCUT2D eigenvalue weighted by Crippen LogP contribution is 2.36. The Morgan fingerprint density at radius 2 is 2.07 bits per heavy atom. The monoisotopic (exact) mass is 236 g/mol. The topological polar surface area (TPSA) is 43.4 Å². The van der Waals surface area contributed by atoms with E-state index < -0.39 is 13.7 Å². The molecule has 0 aromatic carbocycles. The van der Waals surface area contributed by atoms with Gasteiger partial charge in [-0.05, 0) is 32.6 Å². The van der Waals surface area contributed by atoms with Crippen LogP contribution in [0.5, 0.6) is 0 Å². The lowest BCUT2D eigenvalue weighted by atomic mass is 9.79. The molecule has 1 saturated carbocycles. The molecule has 1 unspecified atom stereocenters. The molecule has 0 spiro atoms. The van der Waals surface area contributed by atoms with E-state index in [9.17, 15) is 13.8 Å². The van der Waals surface area contributed by atoms with Gasteiger partial charge in [-0.3, -0.25) is 9.36 Å². The van der Waals surface area contributed by atoms with E-state index in [0.29, 0.717) is 25.7 Å². The predicted octanol–water partition coefficient (Wildman–Crippen LogP) is 2.60. The second kappa shape index (κ2) is 5.22. The molecule has 1 atom stereocenters. The van der Waals surface area contributed by atoms with Crippen LogP contribution >= 0.6 is 8.03 Å². The number of hydrogen-bond acceptors (Lipinski definition) is 3. The van der Waals surface area contributed by atoms with E-state index in [-0.39, 0.29) is 17.9 Å². The third kappa shape index (κ3) is 4.04. The van der Waals surface area contributed by atoms with Crippen LogP contribution in [0.1, 0.15) is 32.6 Å². The molecule has 0 amide bonds. The minimum Gasteiger partial charge on any atom is -0.334 e. The fraction of sp³-hybridized carbons (Fsp3) is 0.900. The number of hydrogen-bond donors (Lipinski definition) is 0. The Morgan fingerprint density at radius 3 is 2.53 bits per heavy atom. The Labute approximate surface area is 90.2 Å². The van der Waals surface area contributed by atoms with Crippen LogP contribution < -0.4 is 0 Å². The van der Waals surface area contributed by atoms with Gasteiger partial charge in [0.1, 0.15) is 11.5 Å². The quantitative estimate of drug-likeness (QED) is 0.704. The minimum absolute atomic E-state index is 0.00876. The van der Waals surface area contributed by atoms with Gasteiger partial charge in [0.15, 0.2) is 8.03 Å². The number of halogens is 1. The fourth-order valence-corrected chi connectivity index (χ4v) is 2.62. The first-order valence-corrected chi connectivity index (χ1v) is 6.75. The molecule has 1 fully saturated rings. The molecule has 1 rings (SSSR count). The number of alkyl halides is 1. The molecule has 0 bridgehead atoms. The maximum atomic E-state index is 13.4. The lowest BCUT2D eigenvalue weighted by Crippen LogP contribution is -2.30. The summed E-state index contributed by atoms with van der Waals surface area (Å²) in [6.45, 7) is 1.58. The number of Topliss-reactive ketones (excluding diaryl/α,β-unsaturated/α-hetero) is 1. The maximum Gasteiger partial charge on any atom is 0.198 e. The highest BCUT2D eigenvalue weighted by atomic mass is 31.1. The van der Waals surface area contributed by atoms with Gasteiger partial charge in [0.2, 0.25) is 0 Å². The van der Waals surface area contributed by atoms with Crippen LogP contribution in [0.2, 0.25) is 0 Å². The Morgan fingerprint density at radius 1 is 1.53 bits per heavy atom. The molecule has 0 heterocycles. The van der Waals surface area contributed by atoms with Gasteiger partial charge in [-0.25, -0.2) is 4.39 Å². The van der Waals surface area contributed by atoms with Crippen molar-refractivity contribution in [3.05, 3.63) is 0 Å². The van der Waals surface area contributed by atoms with Crippen LogP contribution in [0.4, 0.5) is 4.39 Å². The van der Waals surface area contributed by atoms with E-state index in [2.05, 4.69) is 4.52 Å². The summed E-state index contributed by atoms with van der Waals surface area (Å²) in [6.07, 6.45) is 2.01. The van der Waals surface area contributed by atoms with Crippen molar-refractivity contribution in [2.45, 2.75) is 38.3 Å². The first-order chi connectivity index (χ1) is 6.94. The molecule has 1 aliphatic carbocycles. The van der Waals surface area contributed by atoms with Crippen LogP contribution in [0, 0.1) is 5.92 Å². The zero-order valence-corrected chi connectivity index (χ0v) is 10.2. The van der Waals surface area contributed by atoms with E-state index >= 15 is 0 Å². The van der Waals surface area contributed by atoms with Gasteiger partial charge in [0.25, 0.3) is 0 Å². The molecule has 15 heavy (non-hydrogen) atoms. The van der Waals surface area contributed by atoms with Crippen molar-refractivity contribution in [2.24, 2.45) is 5.92 Å². The van der Waals surface area contributed by atoms with Crippen LogP contribution in [-0.2, 0) is 13.9 Å². The molecular formula is C10H18FO3P. The van der Waals surface area contributed by atoms with Gasteiger partial charge in [-0.2, -0.15) is 0 Å². The standard InChI is InChI=1S/C10H18FO3P/c1-10(11)5-3-8(4-6-10)9(12)7-15(13)14-2/h8,15H,3-7H2,1-2H3. The Balaban J connectivity index is 2.40. The fourth-order valence-electron chi connectivity index (χ4n) is 1.90.